The van der Waals surface area contributed by atoms with E-state index in [4.69, 9.17) is 0 Å². The fourth-order valence-electron chi connectivity index (χ4n) is 2.43. The van der Waals surface area contributed by atoms with Crippen molar-refractivity contribution in [3.63, 3.8) is 0 Å². The molecule has 0 heteroatoms. The smallest absolute Gasteiger partial charge is 0.0162 e. The second-order valence-corrected chi connectivity index (χ2v) is 4.87. The van der Waals surface area contributed by atoms with Gasteiger partial charge in [-0.15, -0.1) is 0 Å². The molecule has 0 N–H and O–H groups in total. The van der Waals surface area contributed by atoms with Gasteiger partial charge in [-0.3, -0.25) is 0 Å². The first kappa shape index (κ1) is 17.2. The third kappa shape index (κ3) is 5.71. The maximum Gasteiger partial charge on any atom is -0.0162 e. The topological polar surface area (TPSA) is 0 Å². The summed E-state index contributed by atoms with van der Waals surface area (Å²) >= 11 is 0. The van der Waals surface area contributed by atoms with Crippen LogP contribution in [0.3, 0.4) is 0 Å². The molecule has 0 amide bonds. The minimum absolute atomic E-state index is 0.840. The van der Waals surface area contributed by atoms with E-state index >= 15 is 0 Å². The molecule has 0 radical (unpaired) electrons. The second-order valence-electron chi connectivity index (χ2n) is 4.87. The van der Waals surface area contributed by atoms with Gasteiger partial charge >= 0.3 is 0 Å². The molecular formula is C18H32. The van der Waals surface area contributed by atoms with Gasteiger partial charge in [0.2, 0.25) is 0 Å². The van der Waals surface area contributed by atoms with Gasteiger partial charge < -0.3 is 0 Å². The highest BCUT2D eigenvalue weighted by Crippen LogP contribution is 2.35. The highest BCUT2D eigenvalue weighted by Gasteiger charge is 2.19. The Morgan fingerprint density at radius 1 is 0.778 bits per heavy atom. The lowest BCUT2D eigenvalue weighted by Crippen LogP contribution is -2.10. The van der Waals surface area contributed by atoms with Gasteiger partial charge in [-0.2, -0.15) is 0 Å². The predicted octanol–water partition coefficient (Wildman–Crippen LogP) is 6.34. The van der Waals surface area contributed by atoms with E-state index in [-0.39, 0.29) is 0 Å². The van der Waals surface area contributed by atoms with Gasteiger partial charge in [0, 0.05) is 0 Å². The number of aryl methyl sites for hydroxylation is 1. The Balaban J connectivity index is 0.000000659. The standard InChI is InChI=1S/C14H20.2C2H6/c1-11-3-7-13(8-4-11)14-9-5-12(2)6-10-14;2*1-2/h3-4,7-8,12,14H,5-6,9-10H2,1-2H3;2*1-2H3. The van der Waals surface area contributed by atoms with Crippen LogP contribution in [0, 0.1) is 12.8 Å². The fraction of sp³-hybridized carbons (Fsp3) is 0.667. The van der Waals surface area contributed by atoms with Gasteiger partial charge in [-0.1, -0.05) is 77.3 Å². The first-order chi connectivity index (χ1) is 8.75. The molecule has 1 aliphatic rings. The summed E-state index contributed by atoms with van der Waals surface area (Å²) in [5, 5.41) is 0. The Hall–Kier alpha value is -0.780. The van der Waals surface area contributed by atoms with E-state index < -0.39 is 0 Å². The van der Waals surface area contributed by atoms with Gasteiger partial charge in [-0.05, 0) is 37.2 Å². The molecule has 0 saturated heterocycles. The van der Waals surface area contributed by atoms with Crippen LogP contribution in [0.25, 0.3) is 0 Å². The average Bonchev–Trinajstić information content (AvgIpc) is 2.45. The van der Waals surface area contributed by atoms with E-state index in [1.807, 2.05) is 27.7 Å². The molecule has 1 fully saturated rings. The molecule has 1 aromatic carbocycles. The first-order valence-corrected chi connectivity index (χ1v) is 7.82. The van der Waals surface area contributed by atoms with Gasteiger partial charge in [0.1, 0.15) is 0 Å². The molecular weight excluding hydrogens is 216 g/mol. The molecule has 2 rings (SSSR count). The van der Waals surface area contributed by atoms with E-state index in [2.05, 4.69) is 38.1 Å². The summed E-state index contributed by atoms with van der Waals surface area (Å²) < 4.78 is 0. The molecule has 0 aromatic heterocycles. The van der Waals surface area contributed by atoms with E-state index in [0.717, 1.165) is 11.8 Å². The number of rotatable bonds is 1. The molecule has 0 unspecified atom stereocenters. The maximum absolute atomic E-state index is 2.38. The average molecular weight is 248 g/mol. The summed E-state index contributed by atoms with van der Waals surface area (Å²) in [6.45, 7) is 12.5. The van der Waals surface area contributed by atoms with Crippen LogP contribution >= 0.6 is 0 Å². The van der Waals surface area contributed by atoms with Crippen molar-refractivity contribution < 1.29 is 0 Å². The van der Waals surface area contributed by atoms with Crippen molar-refractivity contribution in [2.45, 2.75) is 73.1 Å². The molecule has 18 heavy (non-hydrogen) atoms. The van der Waals surface area contributed by atoms with Crippen LogP contribution in [0.4, 0.5) is 0 Å². The van der Waals surface area contributed by atoms with Crippen molar-refractivity contribution >= 4 is 0 Å². The molecule has 1 saturated carbocycles. The third-order valence-electron chi connectivity index (χ3n) is 3.56. The number of hydrogen-bond acceptors (Lipinski definition) is 0. The molecule has 1 aliphatic carbocycles. The van der Waals surface area contributed by atoms with Crippen LogP contribution < -0.4 is 0 Å². The van der Waals surface area contributed by atoms with Crippen molar-refractivity contribution in [1.82, 2.24) is 0 Å². The molecule has 104 valence electrons. The van der Waals surface area contributed by atoms with Crippen molar-refractivity contribution in [2.75, 3.05) is 0 Å². The molecule has 0 heterocycles. The highest BCUT2D eigenvalue weighted by molar-refractivity contribution is 5.24. The largest absolute Gasteiger partial charge is 0.0683 e. The minimum Gasteiger partial charge on any atom is -0.0683 e. The zero-order valence-corrected chi connectivity index (χ0v) is 13.3. The molecule has 0 atom stereocenters. The molecule has 0 bridgehead atoms. The third-order valence-corrected chi connectivity index (χ3v) is 3.56. The van der Waals surface area contributed by atoms with E-state index in [1.165, 1.54) is 31.2 Å². The quantitative estimate of drug-likeness (QED) is 0.544. The summed E-state index contributed by atoms with van der Waals surface area (Å²) in [6.07, 6.45) is 5.62. The Morgan fingerprint density at radius 3 is 1.67 bits per heavy atom. The summed E-state index contributed by atoms with van der Waals surface area (Å²) in [4.78, 5) is 0. The van der Waals surface area contributed by atoms with Gasteiger partial charge in [-0.25, -0.2) is 0 Å². The van der Waals surface area contributed by atoms with Gasteiger partial charge in [0.25, 0.3) is 0 Å². The Kier molecular flexibility index (Phi) is 9.73. The summed E-state index contributed by atoms with van der Waals surface area (Å²) in [5.74, 6) is 1.79. The van der Waals surface area contributed by atoms with Crippen LogP contribution in [0.1, 0.15) is 77.3 Å². The van der Waals surface area contributed by atoms with Crippen LogP contribution in [0.15, 0.2) is 24.3 Å². The molecule has 0 spiro atoms. The molecule has 0 aliphatic heterocycles. The second kappa shape index (κ2) is 10.2. The Bertz CT molecular complexity index is 275. The number of hydrogen-bond donors (Lipinski definition) is 0. The van der Waals surface area contributed by atoms with Gasteiger partial charge in [0.15, 0.2) is 0 Å². The van der Waals surface area contributed by atoms with E-state index in [0.29, 0.717) is 0 Å². The van der Waals surface area contributed by atoms with E-state index in [9.17, 15) is 0 Å². The lowest BCUT2D eigenvalue weighted by atomic mass is 9.79. The van der Waals surface area contributed by atoms with E-state index in [1.54, 1.807) is 5.56 Å². The first-order valence-electron chi connectivity index (χ1n) is 7.82. The summed E-state index contributed by atoms with van der Waals surface area (Å²) in [5.41, 5.74) is 2.93. The SMILES string of the molecule is CC.CC.Cc1ccc(C2CCC(C)CC2)cc1. The van der Waals surface area contributed by atoms with Crippen molar-refractivity contribution in [3.05, 3.63) is 35.4 Å². The molecule has 1 aromatic rings. The predicted molar refractivity (Wildman–Crippen MR) is 84.2 cm³/mol. The van der Waals surface area contributed by atoms with Gasteiger partial charge in [0.05, 0.1) is 0 Å². The lowest BCUT2D eigenvalue weighted by Gasteiger charge is -2.26. The molecule has 0 nitrogen and oxygen atoms in total. The monoisotopic (exact) mass is 248 g/mol. The fourth-order valence-corrected chi connectivity index (χ4v) is 2.43. The normalized spacial score (nSPS) is 22.1. The summed E-state index contributed by atoms with van der Waals surface area (Å²) in [6, 6.07) is 9.12. The van der Waals surface area contributed by atoms with Crippen molar-refractivity contribution in [3.8, 4) is 0 Å². The maximum atomic E-state index is 2.38. The van der Waals surface area contributed by atoms with Crippen LogP contribution in [-0.4, -0.2) is 0 Å². The van der Waals surface area contributed by atoms with Crippen molar-refractivity contribution in [1.29, 1.82) is 0 Å². The minimum atomic E-state index is 0.840. The van der Waals surface area contributed by atoms with Crippen LogP contribution in [0.2, 0.25) is 0 Å². The zero-order valence-electron chi connectivity index (χ0n) is 13.3. The van der Waals surface area contributed by atoms with Crippen LogP contribution in [-0.2, 0) is 0 Å². The Morgan fingerprint density at radius 2 is 1.22 bits per heavy atom. The zero-order chi connectivity index (χ0) is 14.0. The number of benzene rings is 1. The van der Waals surface area contributed by atoms with Crippen molar-refractivity contribution in [2.24, 2.45) is 5.92 Å². The lowest BCUT2D eigenvalue weighted by molar-refractivity contribution is 0.348. The summed E-state index contributed by atoms with van der Waals surface area (Å²) in [7, 11) is 0. The highest BCUT2D eigenvalue weighted by atomic mass is 14.2. The Labute approximate surface area is 115 Å². The van der Waals surface area contributed by atoms with Crippen LogP contribution in [0.5, 0.6) is 0 Å².